The first kappa shape index (κ1) is 14.8. The summed E-state index contributed by atoms with van der Waals surface area (Å²) in [5, 5.41) is 8.92. The molecule has 0 aliphatic heterocycles. The Kier molecular flexibility index (Phi) is 4.69. The van der Waals surface area contributed by atoms with Gasteiger partial charge in [-0.1, -0.05) is 20.1 Å². The minimum atomic E-state index is -1.18. The summed E-state index contributed by atoms with van der Waals surface area (Å²) in [6.07, 6.45) is 1.24. The molecule has 0 bridgehead atoms. The van der Waals surface area contributed by atoms with Gasteiger partial charge in [-0.3, -0.25) is 0 Å². The van der Waals surface area contributed by atoms with Gasteiger partial charge in [-0.2, -0.15) is 0 Å². The summed E-state index contributed by atoms with van der Waals surface area (Å²) in [5.41, 5.74) is 0.592. The van der Waals surface area contributed by atoms with Gasteiger partial charge in [-0.05, 0) is 19.4 Å². The lowest BCUT2D eigenvalue weighted by atomic mass is 10.0. The van der Waals surface area contributed by atoms with E-state index in [2.05, 4.69) is 13.2 Å². The van der Waals surface area contributed by atoms with Crippen LogP contribution in [0.1, 0.15) is 37.7 Å². The third-order valence-corrected chi connectivity index (χ3v) is 2.54. The number of esters is 1. The van der Waals surface area contributed by atoms with Crippen molar-refractivity contribution in [1.29, 1.82) is 0 Å². The number of carbonyl (C=O) groups excluding carboxylic acids is 1. The molecule has 19 heavy (non-hydrogen) atoms. The van der Waals surface area contributed by atoms with Crippen LogP contribution in [0.15, 0.2) is 35.5 Å². The van der Waals surface area contributed by atoms with Gasteiger partial charge in [0.25, 0.3) is 0 Å². The fraction of sp³-hybridized carbons (Fsp3) is 0.286. The number of furan rings is 1. The van der Waals surface area contributed by atoms with Crippen molar-refractivity contribution in [3.05, 3.63) is 42.4 Å². The lowest BCUT2D eigenvalue weighted by Gasteiger charge is -2.16. The number of aliphatic carboxylic acids is 1. The Labute approximate surface area is 111 Å². The summed E-state index contributed by atoms with van der Waals surface area (Å²) < 4.78 is 10.4. The average molecular weight is 264 g/mol. The van der Waals surface area contributed by atoms with Crippen LogP contribution in [0, 0.1) is 0 Å². The first-order valence-electron chi connectivity index (χ1n) is 5.74. The van der Waals surface area contributed by atoms with Crippen LogP contribution in [-0.2, 0) is 14.3 Å². The maximum atomic E-state index is 11.5. The van der Waals surface area contributed by atoms with Crippen molar-refractivity contribution in [1.82, 2.24) is 0 Å². The number of carboxylic acid groups (broad SMARTS) is 1. The zero-order valence-electron chi connectivity index (χ0n) is 10.9. The molecule has 0 saturated carbocycles. The van der Waals surface area contributed by atoms with Gasteiger partial charge in [0.2, 0.25) is 0 Å². The highest BCUT2D eigenvalue weighted by Crippen LogP contribution is 2.30. The van der Waals surface area contributed by atoms with Crippen LogP contribution in [0.3, 0.4) is 0 Å². The molecule has 0 amide bonds. The van der Waals surface area contributed by atoms with Crippen LogP contribution in [0.2, 0.25) is 0 Å². The van der Waals surface area contributed by atoms with Gasteiger partial charge in [0.15, 0.2) is 0 Å². The van der Waals surface area contributed by atoms with Gasteiger partial charge >= 0.3 is 11.9 Å². The second-order valence-corrected chi connectivity index (χ2v) is 4.07. The Balaban J connectivity index is 3.03. The molecule has 1 atom stereocenters. The third kappa shape index (κ3) is 3.34. The molecule has 0 aliphatic rings. The van der Waals surface area contributed by atoms with E-state index in [0.717, 1.165) is 0 Å². The molecule has 1 rings (SSSR count). The molecule has 0 spiro atoms. The van der Waals surface area contributed by atoms with Crippen molar-refractivity contribution >= 4 is 17.5 Å². The quantitative estimate of drug-likeness (QED) is 0.631. The third-order valence-electron chi connectivity index (χ3n) is 2.54. The molecule has 0 radical (unpaired) electrons. The molecule has 0 aliphatic carbocycles. The average Bonchev–Trinajstić information content (AvgIpc) is 2.83. The second-order valence-electron chi connectivity index (χ2n) is 4.07. The SMILES string of the molecule is C=C(C)C(=O)OC(CC)c1ccoc1C(=C)C(=O)O. The lowest BCUT2D eigenvalue weighted by Crippen LogP contribution is -2.12. The van der Waals surface area contributed by atoms with E-state index < -0.39 is 18.0 Å². The molecular weight excluding hydrogens is 248 g/mol. The summed E-state index contributed by atoms with van der Waals surface area (Å²) in [4.78, 5) is 22.4. The first-order chi connectivity index (χ1) is 8.88. The molecule has 0 saturated heterocycles. The van der Waals surface area contributed by atoms with E-state index in [0.29, 0.717) is 12.0 Å². The van der Waals surface area contributed by atoms with Crippen LogP contribution in [-0.4, -0.2) is 17.0 Å². The lowest BCUT2D eigenvalue weighted by molar-refractivity contribution is -0.144. The number of ether oxygens (including phenoxy) is 1. The molecule has 5 nitrogen and oxygen atoms in total. The van der Waals surface area contributed by atoms with E-state index in [4.69, 9.17) is 14.3 Å². The zero-order chi connectivity index (χ0) is 14.6. The Morgan fingerprint density at radius 3 is 2.58 bits per heavy atom. The van der Waals surface area contributed by atoms with Crippen molar-refractivity contribution in [3.63, 3.8) is 0 Å². The maximum Gasteiger partial charge on any atom is 0.338 e. The Bertz CT molecular complexity index is 524. The monoisotopic (exact) mass is 264 g/mol. The van der Waals surface area contributed by atoms with Crippen molar-refractivity contribution < 1.29 is 23.8 Å². The number of carboxylic acids is 1. The van der Waals surface area contributed by atoms with Gasteiger partial charge in [-0.15, -0.1) is 0 Å². The largest absolute Gasteiger partial charge is 0.478 e. The van der Waals surface area contributed by atoms with Crippen molar-refractivity contribution in [2.24, 2.45) is 0 Å². The van der Waals surface area contributed by atoms with Crippen molar-refractivity contribution in [3.8, 4) is 0 Å². The molecule has 102 valence electrons. The van der Waals surface area contributed by atoms with Crippen LogP contribution in [0.25, 0.3) is 5.57 Å². The Morgan fingerprint density at radius 1 is 1.47 bits per heavy atom. The zero-order valence-corrected chi connectivity index (χ0v) is 10.9. The van der Waals surface area contributed by atoms with Gasteiger partial charge in [-0.25, -0.2) is 9.59 Å². The smallest absolute Gasteiger partial charge is 0.338 e. The normalized spacial score (nSPS) is 11.7. The maximum absolute atomic E-state index is 11.5. The van der Waals surface area contributed by atoms with Crippen molar-refractivity contribution in [2.45, 2.75) is 26.4 Å². The minimum Gasteiger partial charge on any atom is -0.478 e. The number of hydrogen-bond donors (Lipinski definition) is 1. The van der Waals surface area contributed by atoms with Crippen LogP contribution in [0.5, 0.6) is 0 Å². The summed E-state index contributed by atoms with van der Waals surface area (Å²) in [5.74, 6) is -1.59. The fourth-order valence-corrected chi connectivity index (χ4v) is 1.51. The van der Waals surface area contributed by atoms with Crippen LogP contribution >= 0.6 is 0 Å². The van der Waals surface area contributed by atoms with Crippen LogP contribution < -0.4 is 0 Å². The topological polar surface area (TPSA) is 76.7 Å². The van der Waals surface area contributed by atoms with Crippen molar-refractivity contribution in [2.75, 3.05) is 0 Å². The fourth-order valence-electron chi connectivity index (χ4n) is 1.51. The van der Waals surface area contributed by atoms with E-state index >= 15 is 0 Å². The highest BCUT2D eigenvalue weighted by Gasteiger charge is 2.24. The molecule has 1 aromatic heterocycles. The molecule has 0 aromatic carbocycles. The van der Waals surface area contributed by atoms with E-state index in [1.807, 2.05) is 6.92 Å². The minimum absolute atomic E-state index is 0.119. The molecule has 1 N–H and O–H groups in total. The summed E-state index contributed by atoms with van der Waals surface area (Å²) in [6.45, 7) is 10.3. The number of hydrogen-bond acceptors (Lipinski definition) is 4. The molecular formula is C14H16O5. The van der Waals surface area contributed by atoms with E-state index in [9.17, 15) is 9.59 Å². The van der Waals surface area contributed by atoms with E-state index in [-0.39, 0.29) is 16.9 Å². The summed E-state index contributed by atoms with van der Waals surface area (Å²) in [7, 11) is 0. The predicted octanol–water partition coefficient (Wildman–Crippen LogP) is 2.95. The predicted molar refractivity (Wildman–Crippen MR) is 69.3 cm³/mol. The van der Waals surface area contributed by atoms with Gasteiger partial charge in [0.1, 0.15) is 11.9 Å². The standard InChI is InChI=1S/C14H16O5/c1-5-11(19-14(17)8(2)3)10-6-7-18-12(10)9(4)13(15)16/h6-7,11H,2,4-5H2,1,3H3,(H,15,16). The van der Waals surface area contributed by atoms with Crippen LogP contribution in [0.4, 0.5) is 0 Å². The number of rotatable bonds is 6. The number of carbonyl (C=O) groups is 2. The Morgan fingerprint density at radius 2 is 2.11 bits per heavy atom. The van der Waals surface area contributed by atoms with Gasteiger partial charge < -0.3 is 14.3 Å². The Hall–Kier alpha value is -2.30. The van der Waals surface area contributed by atoms with E-state index in [1.165, 1.54) is 6.26 Å². The highest BCUT2D eigenvalue weighted by molar-refractivity contribution is 6.13. The molecule has 1 aromatic rings. The molecule has 0 fully saturated rings. The molecule has 5 heteroatoms. The highest BCUT2D eigenvalue weighted by atomic mass is 16.5. The van der Waals surface area contributed by atoms with E-state index in [1.54, 1.807) is 13.0 Å². The molecule has 1 heterocycles. The molecule has 1 unspecified atom stereocenters. The van der Waals surface area contributed by atoms with Gasteiger partial charge in [0.05, 0.1) is 11.8 Å². The first-order valence-corrected chi connectivity index (χ1v) is 5.74. The summed E-state index contributed by atoms with van der Waals surface area (Å²) >= 11 is 0. The van der Waals surface area contributed by atoms with Gasteiger partial charge in [0, 0.05) is 11.1 Å². The second kappa shape index (κ2) is 6.04. The summed E-state index contributed by atoms with van der Waals surface area (Å²) in [6, 6.07) is 1.57.